The van der Waals surface area contributed by atoms with Gasteiger partial charge in [0.1, 0.15) is 28.3 Å². The number of ether oxygens (including phenoxy) is 1. The predicted octanol–water partition coefficient (Wildman–Crippen LogP) is 12.7. The van der Waals surface area contributed by atoms with E-state index in [1.165, 1.54) is 5.56 Å². The van der Waals surface area contributed by atoms with E-state index in [-0.39, 0.29) is 5.41 Å². The Balaban J connectivity index is 1.25. The molecule has 4 aromatic heterocycles. The summed E-state index contributed by atoms with van der Waals surface area (Å²) in [6, 6.07) is 45.2. The van der Waals surface area contributed by atoms with E-state index < -0.39 is 0 Å². The molecule has 9 aromatic rings. The fourth-order valence-electron chi connectivity index (χ4n) is 6.92. The summed E-state index contributed by atoms with van der Waals surface area (Å²) < 4.78 is 19.7. The second-order valence-electron chi connectivity index (χ2n) is 14.1. The highest BCUT2D eigenvalue weighted by atomic mass is 16.5. The maximum Gasteiger partial charge on any atom is 0.220 e. The molecular formula is C45H34N2O3. The molecule has 5 nitrogen and oxygen atoms in total. The second-order valence-corrected chi connectivity index (χ2v) is 14.1. The van der Waals surface area contributed by atoms with Crippen LogP contribution in [0, 0.1) is 5.41 Å². The van der Waals surface area contributed by atoms with E-state index in [0.717, 1.165) is 83.9 Å². The quantitative estimate of drug-likeness (QED) is 0.179. The Morgan fingerprint density at radius 3 is 2.30 bits per heavy atom. The zero-order valence-corrected chi connectivity index (χ0v) is 28.1. The number of pyridine rings is 2. The monoisotopic (exact) mass is 650 g/mol. The molecule has 0 aliphatic heterocycles. The first-order valence-electron chi connectivity index (χ1n) is 16.9. The molecule has 0 aliphatic rings. The van der Waals surface area contributed by atoms with Crippen molar-refractivity contribution in [2.45, 2.75) is 27.2 Å². The first kappa shape index (κ1) is 29.9. The van der Waals surface area contributed by atoms with Gasteiger partial charge in [0.05, 0.1) is 11.4 Å². The van der Waals surface area contributed by atoms with E-state index in [1.54, 1.807) is 6.20 Å². The van der Waals surface area contributed by atoms with Gasteiger partial charge in [-0.05, 0) is 82.8 Å². The van der Waals surface area contributed by atoms with Crippen LogP contribution in [0.3, 0.4) is 0 Å². The van der Waals surface area contributed by atoms with Gasteiger partial charge in [0.2, 0.25) is 5.88 Å². The Labute approximate surface area is 289 Å². The van der Waals surface area contributed by atoms with E-state index in [4.69, 9.17) is 18.6 Å². The first-order chi connectivity index (χ1) is 24.3. The highest BCUT2D eigenvalue weighted by Crippen LogP contribution is 2.43. The molecule has 0 atom stereocenters. The Bertz CT molecular complexity index is 2660. The fraction of sp³-hybridized carbons (Fsp3) is 0.111. The van der Waals surface area contributed by atoms with Gasteiger partial charge < -0.3 is 13.6 Å². The normalized spacial score (nSPS) is 12.0. The van der Waals surface area contributed by atoms with Crippen molar-refractivity contribution >= 4 is 43.7 Å². The van der Waals surface area contributed by atoms with Crippen molar-refractivity contribution in [2.24, 2.45) is 5.41 Å². The zero-order valence-electron chi connectivity index (χ0n) is 28.1. The predicted molar refractivity (Wildman–Crippen MR) is 203 cm³/mol. The molecule has 0 saturated carbocycles. The fourth-order valence-corrected chi connectivity index (χ4v) is 6.92. The van der Waals surface area contributed by atoms with E-state index in [9.17, 15) is 0 Å². The van der Waals surface area contributed by atoms with Crippen LogP contribution in [0.4, 0.5) is 0 Å². The molecular weight excluding hydrogens is 617 g/mol. The van der Waals surface area contributed by atoms with Crippen molar-refractivity contribution < 1.29 is 13.6 Å². The highest BCUT2D eigenvalue weighted by molar-refractivity contribution is 6.22. The summed E-state index contributed by atoms with van der Waals surface area (Å²) in [5, 5.41) is 5.45. The lowest BCUT2D eigenvalue weighted by Gasteiger charge is -2.17. The molecule has 0 bridgehead atoms. The van der Waals surface area contributed by atoms with Gasteiger partial charge in [-0.1, -0.05) is 93.6 Å². The molecule has 0 N–H and O–H groups in total. The Morgan fingerprint density at radius 1 is 0.620 bits per heavy atom. The van der Waals surface area contributed by atoms with Crippen LogP contribution in [0.2, 0.25) is 0 Å². The number of benzene rings is 5. The molecule has 0 saturated heterocycles. The summed E-state index contributed by atoms with van der Waals surface area (Å²) in [4.78, 5) is 9.66. The van der Waals surface area contributed by atoms with E-state index >= 15 is 0 Å². The molecule has 0 fully saturated rings. The molecule has 4 heterocycles. The van der Waals surface area contributed by atoms with Crippen LogP contribution in [0.15, 0.2) is 148 Å². The average molecular weight is 651 g/mol. The van der Waals surface area contributed by atoms with Crippen LogP contribution >= 0.6 is 0 Å². The van der Waals surface area contributed by atoms with Crippen molar-refractivity contribution in [3.63, 3.8) is 0 Å². The summed E-state index contributed by atoms with van der Waals surface area (Å²) in [7, 11) is 0. The average Bonchev–Trinajstić information content (AvgIpc) is 3.73. The number of fused-ring (bicyclic) bond motifs is 6. The number of hydrogen-bond acceptors (Lipinski definition) is 5. The molecule has 0 radical (unpaired) electrons. The largest absolute Gasteiger partial charge is 0.456 e. The standard InChI is InChI=1S/C45H34N2O3/c1-45(2,3)27-28-18-19-35-41(21-28)50-44-36(23-29-11-4-6-15-34(29)43(35)44)38-24-32(40-25-31-12-5-7-17-39(31)49-40)26-42(47-38)48-33-14-10-13-30(22-33)37-16-8-9-20-46-37/h4-26H,27H2,1-3H3. The van der Waals surface area contributed by atoms with Crippen molar-refractivity contribution in [3.8, 4) is 45.5 Å². The van der Waals surface area contributed by atoms with E-state index in [0.29, 0.717) is 11.6 Å². The van der Waals surface area contributed by atoms with Gasteiger partial charge in [0.15, 0.2) is 0 Å². The van der Waals surface area contributed by atoms with E-state index in [2.05, 4.69) is 92.5 Å². The van der Waals surface area contributed by atoms with Gasteiger partial charge in [-0.3, -0.25) is 4.98 Å². The Morgan fingerprint density at radius 2 is 1.46 bits per heavy atom. The van der Waals surface area contributed by atoms with Crippen LogP contribution in [-0.2, 0) is 6.42 Å². The van der Waals surface area contributed by atoms with Crippen LogP contribution in [-0.4, -0.2) is 9.97 Å². The lowest BCUT2D eigenvalue weighted by Crippen LogP contribution is -2.08. The lowest BCUT2D eigenvalue weighted by atomic mass is 9.88. The van der Waals surface area contributed by atoms with Crippen molar-refractivity contribution in [1.82, 2.24) is 9.97 Å². The third-order valence-corrected chi connectivity index (χ3v) is 9.07. The Kier molecular flexibility index (Phi) is 7.02. The van der Waals surface area contributed by atoms with Crippen LogP contribution < -0.4 is 4.74 Å². The number of furan rings is 2. The SMILES string of the molecule is CC(C)(C)Cc1ccc2c(c1)oc1c(-c3cc(-c4cc5ccccc5o4)cc(Oc4cccc(-c5ccccn5)c4)n3)cc3ccccc3c12. The van der Waals surface area contributed by atoms with Gasteiger partial charge in [0, 0.05) is 45.1 Å². The van der Waals surface area contributed by atoms with Crippen molar-refractivity contribution in [1.29, 1.82) is 0 Å². The summed E-state index contributed by atoms with van der Waals surface area (Å²) in [6.07, 6.45) is 2.75. The minimum Gasteiger partial charge on any atom is -0.456 e. The number of hydrogen-bond donors (Lipinski definition) is 0. The molecule has 5 heteroatoms. The van der Waals surface area contributed by atoms with Gasteiger partial charge >= 0.3 is 0 Å². The number of rotatable bonds is 6. The third-order valence-electron chi connectivity index (χ3n) is 9.07. The number of nitrogens with zero attached hydrogens (tertiary/aromatic N) is 2. The lowest BCUT2D eigenvalue weighted by molar-refractivity contribution is 0.411. The van der Waals surface area contributed by atoms with Gasteiger partial charge in [-0.2, -0.15) is 0 Å². The summed E-state index contributed by atoms with van der Waals surface area (Å²) >= 11 is 0. The molecule has 5 aromatic carbocycles. The van der Waals surface area contributed by atoms with Gasteiger partial charge in [-0.25, -0.2) is 4.98 Å². The first-order valence-corrected chi connectivity index (χ1v) is 16.9. The molecule has 0 amide bonds. The van der Waals surface area contributed by atoms with Crippen LogP contribution in [0.25, 0.3) is 77.5 Å². The molecule has 0 spiro atoms. The van der Waals surface area contributed by atoms with E-state index in [1.807, 2.05) is 66.7 Å². The minimum absolute atomic E-state index is 0.159. The number of aromatic nitrogens is 2. The van der Waals surface area contributed by atoms with Gasteiger partial charge in [-0.15, -0.1) is 0 Å². The number of para-hydroxylation sites is 1. The highest BCUT2D eigenvalue weighted by Gasteiger charge is 2.21. The second kappa shape index (κ2) is 11.7. The van der Waals surface area contributed by atoms with Gasteiger partial charge in [0.25, 0.3) is 0 Å². The molecule has 0 unspecified atom stereocenters. The molecule has 50 heavy (non-hydrogen) atoms. The topological polar surface area (TPSA) is 61.3 Å². The molecule has 242 valence electrons. The molecule has 0 aliphatic carbocycles. The smallest absolute Gasteiger partial charge is 0.220 e. The van der Waals surface area contributed by atoms with Crippen LogP contribution in [0.1, 0.15) is 26.3 Å². The maximum absolute atomic E-state index is 6.81. The maximum atomic E-state index is 6.81. The third kappa shape index (κ3) is 5.57. The Hall–Kier alpha value is -6.20. The summed E-state index contributed by atoms with van der Waals surface area (Å²) in [5.74, 6) is 1.84. The van der Waals surface area contributed by atoms with Crippen LogP contribution in [0.5, 0.6) is 11.6 Å². The molecule has 9 rings (SSSR count). The summed E-state index contributed by atoms with van der Waals surface area (Å²) in [5.41, 5.74) is 8.20. The van der Waals surface area contributed by atoms with Crippen molar-refractivity contribution in [2.75, 3.05) is 0 Å². The zero-order chi connectivity index (χ0) is 33.8. The minimum atomic E-state index is 0.159. The summed E-state index contributed by atoms with van der Waals surface area (Å²) in [6.45, 7) is 6.78. The van der Waals surface area contributed by atoms with Crippen molar-refractivity contribution in [3.05, 3.63) is 145 Å².